The zero-order valence-electron chi connectivity index (χ0n) is 18.3. The molecule has 3 aromatic heterocycles. The van der Waals surface area contributed by atoms with Crippen LogP contribution in [0.2, 0.25) is 0 Å². The molecule has 172 valence electrons. The van der Waals surface area contributed by atoms with Gasteiger partial charge in [-0.05, 0) is 48.9 Å². The minimum absolute atomic E-state index is 0.0000117. The van der Waals surface area contributed by atoms with Crippen LogP contribution in [0, 0.1) is 0 Å². The van der Waals surface area contributed by atoms with Gasteiger partial charge in [0.05, 0.1) is 29.9 Å². The van der Waals surface area contributed by atoms with E-state index in [0.717, 1.165) is 4.57 Å². The molecule has 1 amide bonds. The highest BCUT2D eigenvalue weighted by atomic mass is 16.5. The minimum atomic E-state index is -0.656. The van der Waals surface area contributed by atoms with Gasteiger partial charge in [0.1, 0.15) is 6.54 Å². The van der Waals surface area contributed by atoms with Crippen LogP contribution in [-0.2, 0) is 22.6 Å². The van der Waals surface area contributed by atoms with E-state index < -0.39 is 29.7 Å². The van der Waals surface area contributed by atoms with E-state index in [4.69, 9.17) is 4.74 Å². The predicted octanol–water partition coefficient (Wildman–Crippen LogP) is 1.82. The Kier molecular flexibility index (Phi) is 6.58. The first kappa shape index (κ1) is 22.6. The molecule has 10 heteroatoms. The quantitative estimate of drug-likeness (QED) is 0.418. The summed E-state index contributed by atoms with van der Waals surface area (Å²) < 4.78 is 7.25. The molecule has 34 heavy (non-hydrogen) atoms. The van der Waals surface area contributed by atoms with E-state index >= 15 is 0 Å². The molecule has 0 aliphatic heterocycles. The third-order valence-electron chi connectivity index (χ3n) is 5.08. The van der Waals surface area contributed by atoms with Gasteiger partial charge in [-0.3, -0.25) is 23.7 Å². The smallest absolute Gasteiger partial charge is 0.340 e. The molecule has 0 saturated heterocycles. The van der Waals surface area contributed by atoms with Crippen LogP contribution >= 0.6 is 0 Å². The highest BCUT2D eigenvalue weighted by molar-refractivity contribution is 6.01. The molecule has 4 aromatic rings. The van der Waals surface area contributed by atoms with Crippen molar-refractivity contribution in [1.29, 1.82) is 0 Å². The molecule has 0 atom stereocenters. The van der Waals surface area contributed by atoms with Crippen molar-refractivity contribution < 1.29 is 14.3 Å². The normalized spacial score (nSPS) is 10.7. The van der Waals surface area contributed by atoms with Gasteiger partial charge in [0.15, 0.2) is 5.52 Å². The van der Waals surface area contributed by atoms with Crippen LogP contribution in [0.15, 0.2) is 76.7 Å². The van der Waals surface area contributed by atoms with Crippen molar-refractivity contribution in [3.05, 3.63) is 99.1 Å². The maximum absolute atomic E-state index is 13.3. The lowest BCUT2D eigenvalue weighted by Crippen LogP contribution is -2.42. The van der Waals surface area contributed by atoms with Gasteiger partial charge in [-0.2, -0.15) is 0 Å². The van der Waals surface area contributed by atoms with Crippen LogP contribution in [0.25, 0.3) is 11.0 Å². The fourth-order valence-electron chi connectivity index (χ4n) is 3.52. The van der Waals surface area contributed by atoms with E-state index in [2.05, 4.69) is 15.3 Å². The van der Waals surface area contributed by atoms with Crippen molar-refractivity contribution in [2.45, 2.75) is 20.0 Å². The summed E-state index contributed by atoms with van der Waals surface area (Å²) in [5.74, 6) is -1.13. The second-order valence-electron chi connectivity index (χ2n) is 7.30. The number of nitrogens with zero attached hydrogens (tertiary/aromatic N) is 4. The monoisotopic (exact) mass is 459 g/mol. The fourth-order valence-corrected chi connectivity index (χ4v) is 3.52. The zero-order chi connectivity index (χ0) is 24.1. The van der Waals surface area contributed by atoms with Gasteiger partial charge < -0.3 is 10.1 Å². The highest BCUT2D eigenvalue weighted by Gasteiger charge is 2.18. The molecular formula is C24H21N5O5. The summed E-state index contributed by atoms with van der Waals surface area (Å²) >= 11 is 0. The number of fused-ring (bicyclic) bond motifs is 1. The number of esters is 1. The second kappa shape index (κ2) is 9.90. The predicted molar refractivity (Wildman–Crippen MR) is 125 cm³/mol. The number of nitrogens with one attached hydrogen (secondary N) is 1. The number of aromatic nitrogens is 4. The minimum Gasteiger partial charge on any atom is -0.462 e. The number of carbonyl (C=O) groups excluding carboxylic acids is 2. The van der Waals surface area contributed by atoms with Crippen molar-refractivity contribution >= 4 is 28.6 Å². The van der Waals surface area contributed by atoms with Crippen molar-refractivity contribution in [3.8, 4) is 0 Å². The number of anilines is 1. The summed E-state index contributed by atoms with van der Waals surface area (Å²) in [5, 5.41) is 2.66. The maximum Gasteiger partial charge on any atom is 0.340 e. The first-order chi connectivity index (χ1) is 16.5. The summed E-state index contributed by atoms with van der Waals surface area (Å²) in [6, 6.07) is 12.9. The standard InChI is InChI=1S/C24H21N5O5/c1-2-34-23(32)17-6-3-4-7-18(17)27-20(30)15-28-19-8-5-11-26-21(19)22(31)29(24(28)33)14-16-9-12-25-13-10-16/h3-13H,2,14-15H2,1H3,(H,27,30). The third-order valence-corrected chi connectivity index (χ3v) is 5.08. The average molecular weight is 459 g/mol. The average Bonchev–Trinajstić information content (AvgIpc) is 2.85. The van der Waals surface area contributed by atoms with E-state index in [0.29, 0.717) is 5.56 Å². The Morgan fingerprint density at radius 2 is 1.74 bits per heavy atom. The van der Waals surface area contributed by atoms with Crippen LogP contribution in [0.5, 0.6) is 0 Å². The molecule has 1 N–H and O–H groups in total. The van der Waals surface area contributed by atoms with Gasteiger partial charge in [-0.1, -0.05) is 12.1 Å². The number of hydrogen-bond acceptors (Lipinski definition) is 7. The van der Waals surface area contributed by atoms with E-state index in [1.54, 1.807) is 61.8 Å². The molecule has 3 heterocycles. The summed E-state index contributed by atoms with van der Waals surface area (Å²) in [6.07, 6.45) is 4.57. The van der Waals surface area contributed by atoms with Gasteiger partial charge in [0, 0.05) is 18.6 Å². The van der Waals surface area contributed by atoms with Crippen LogP contribution in [0.4, 0.5) is 5.69 Å². The summed E-state index contributed by atoms with van der Waals surface area (Å²) in [4.78, 5) is 59.5. The van der Waals surface area contributed by atoms with E-state index in [1.807, 2.05) is 0 Å². The molecule has 0 spiro atoms. The Balaban J connectivity index is 1.71. The van der Waals surface area contributed by atoms with Crippen molar-refractivity contribution in [1.82, 2.24) is 19.1 Å². The lowest BCUT2D eigenvalue weighted by atomic mass is 10.2. The zero-order valence-corrected chi connectivity index (χ0v) is 18.3. The molecule has 4 rings (SSSR count). The Morgan fingerprint density at radius 1 is 0.971 bits per heavy atom. The highest BCUT2D eigenvalue weighted by Crippen LogP contribution is 2.16. The Labute approximate surface area is 193 Å². The number of benzene rings is 1. The molecule has 0 radical (unpaired) electrons. The number of pyridine rings is 2. The van der Waals surface area contributed by atoms with Gasteiger partial charge in [-0.25, -0.2) is 14.6 Å². The molecule has 0 aliphatic rings. The number of para-hydroxylation sites is 1. The maximum atomic E-state index is 13.3. The molecule has 0 unspecified atom stereocenters. The van der Waals surface area contributed by atoms with Crippen LogP contribution in [0.1, 0.15) is 22.8 Å². The lowest BCUT2D eigenvalue weighted by molar-refractivity contribution is -0.116. The van der Waals surface area contributed by atoms with Gasteiger partial charge in [0.25, 0.3) is 5.56 Å². The molecule has 1 aromatic carbocycles. The number of hydrogen-bond donors (Lipinski definition) is 1. The van der Waals surface area contributed by atoms with Gasteiger partial charge >= 0.3 is 11.7 Å². The number of rotatable bonds is 7. The first-order valence-corrected chi connectivity index (χ1v) is 10.5. The lowest BCUT2D eigenvalue weighted by Gasteiger charge is -2.14. The Bertz CT molecular complexity index is 1480. The topological polar surface area (TPSA) is 125 Å². The molecule has 0 aliphatic carbocycles. The Hall–Kier alpha value is -4.60. The van der Waals surface area contributed by atoms with Crippen LogP contribution in [0.3, 0.4) is 0 Å². The Morgan fingerprint density at radius 3 is 2.50 bits per heavy atom. The van der Waals surface area contributed by atoms with Gasteiger partial charge in [0.2, 0.25) is 5.91 Å². The van der Waals surface area contributed by atoms with E-state index in [-0.39, 0.29) is 35.4 Å². The van der Waals surface area contributed by atoms with E-state index in [9.17, 15) is 19.2 Å². The van der Waals surface area contributed by atoms with Crippen molar-refractivity contribution in [3.63, 3.8) is 0 Å². The molecule has 0 bridgehead atoms. The summed E-state index contributed by atoms with van der Waals surface area (Å²) in [5.41, 5.74) is 0.237. The number of amides is 1. The van der Waals surface area contributed by atoms with Gasteiger partial charge in [-0.15, -0.1) is 0 Å². The van der Waals surface area contributed by atoms with Crippen LogP contribution < -0.4 is 16.6 Å². The SMILES string of the molecule is CCOC(=O)c1ccccc1NC(=O)Cn1c(=O)n(Cc2ccncc2)c(=O)c2ncccc21. The van der Waals surface area contributed by atoms with Crippen LogP contribution in [-0.4, -0.2) is 37.6 Å². The summed E-state index contributed by atoms with van der Waals surface area (Å²) in [7, 11) is 0. The molecule has 0 fully saturated rings. The van der Waals surface area contributed by atoms with Crippen molar-refractivity contribution in [2.75, 3.05) is 11.9 Å². The summed E-state index contributed by atoms with van der Waals surface area (Å²) in [6.45, 7) is 1.48. The van der Waals surface area contributed by atoms with Crippen molar-refractivity contribution in [2.24, 2.45) is 0 Å². The molecular weight excluding hydrogens is 438 g/mol. The second-order valence-corrected chi connectivity index (χ2v) is 7.30. The molecule has 10 nitrogen and oxygen atoms in total. The first-order valence-electron chi connectivity index (χ1n) is 10.5. The van der Waals surface area contributed by atoms with E-state index in [1.165, 1.54) is 16.8 Å². The largest absolute Gasteiger partial charge is 0.462 e. The number of ether oxygens (including phenoxy) is 1. The molecule has 0 saturated carbocycles. The number of carbonyl (C=O) groups is 2. The third kappa shape index (κ3) is 4.60. The fraction of sp³-hybridized carbons (Fsp3) is 0.167.